The summed E-state index contributed by atoms with van der Waals surface area (Å²) in [5.74, 6) is 0.626. The van der Waals surface area contributed by atoms with Crippen LogP contribution in [0.2, 0.25) is 5.02 Å². The highest BCUT2D eigenvalue weighted by Gasteiger charge is 2.18. The molecule has 1 atom stereocenters. The van der Waals surface area contributed by atoms with Crippen molar-refractivity contribution >= 4 is 22.9 Å². The van der Waals surface area contributed by atoms with Crippen LogP contribution < -0.4 is 5.73 Å². The molecule has 3 rings (SSSR count). The Morgan fingerprint density at radius 1 is 1.18 bits per heavy atom. The highest BCUT2D eigenvalue weighted by molar-refractivity contribution is 6.33. The number of halogens is 1. The number of rotatable bonds is 3. The Balaban J connectivity index is 1.85. The molecule has 1 unspecified atom stereocenters. The predicted molar refractivity (Wildman–Crippen MR) is 94.5 cm³/mol. The lowest BCUT2D eigenvalue weighted by Crippen LogP contribution is -2.27. The highest BCUT2D eigenvalue weighted by Crippen LogP contribution is 2.31. The first-order chi connectivity index (χ1) is 10.6. The van der Waals surface area contributed by atoms with Crippen molar-refractivity contribution in [3.63, 3.8) is 0 Å². The minimum Gasteiger partial charge on any atom is -0.398 e. The van der Waals surface area contributed by atoms with Gasteiger partial charge in [0.2, 0.25) is 0 Å². The molecule has 0 saturated carbocycles. The van der Waals surface area contributed by atoms with Gasteiger partial charge in [0.05, 0.1) is 10.7 Å². The molecule has 1 aliphatic heterocycles. The van der Waals surface area contributed by atoms with Gasteiger partial charge in [0, 0.05) is 19.3 Å². The van der Waals surface area contributed by atoms with E-state index in [0.717, 1.165) is 19.5 Å². The molecule has 2 nitrogen and oxygen atoms in total. The zero-order valence-corrected chi connectivity index (χ0v) is 13.6. The zero-order chi connectivity index (χ0) is 15.5. The SMILES string of the molecule is CC1CC(c2ccc(Cl)c(N)c2)=CN(Cc2ccccc2)C1. The molecule has 2 N–H and O–H groups in total. The Morgan fingerprint density at radius 2 is 1.95 bits per heavy atom. The molecule has 3 heteroatoms. The molecule has 0 aromatic heterocycles. The third-order valence-electron chi connectivity index (χ3n) is 4.05. The maximum absolute atomic E-state index is 6.03. The Kier molecular flexibility index (Phi) is 4.39. The Hall–Kier alpha value is -1.93. The minimum atomic E-state index is 0.620. The van der Waals surface area contributed by atoms with Gasteiger partial charge in [-0.3, -0.25) is 0 Å². The molecule has 0 saturated heterocycles. The topological polar surface area (TPSA) is 29.3 Å². The fraction of sp³-hybridized carbons (Fsp3) is 0.263. The van der Waals surface area contributed by atoms with Crippen molar-refractivity contribution in [2.45, 2.75) is 19.9 Å². The Morgan fingerprint density at radius 3 is 2.68 bits per heavy atom. The standard InChI is InChI=1S/C19H21ClN2/c1-14-9-17(16-7-8-18(20)19(21)10-16)13-22(11-14)12-15-5-3-2-4-6-15/h2-8,10,13-14H,9,11-12,21H2,1H3. The molecule has 0 radical (unpaired) electrons. The van der Waals surface area contributed by atoms with Gasteiger partial charge in [-0.25, -0.2) is 0 Å². The van der Waals surface area contributed by atoms with Crippen LogP contribution in [-0.2, 0) is 6.54 Å². The van der Waals surface area contributed by atoms with E-state index in [1.165, 1.54) is 16.7 Å². The number of nitrogen functional groups attached to an aromatic ring is 1. The first-order valence-electron chi connectivity index (χ1n) is 7.66. The first-order valence-corrected chi connectivity index (χ1v) is 8.03. The van der Waals surface area contributed by atoms with E-state index in [1.807, 2.05) is 12.1 Å². The van der Waals surface area contributed by atoms with Gasteiger partial charge in [0.25, 0.3) is 0 Å². The maximum Gasteiger partial charge on any atom is 0.0635 e. The summed E-state index contributed by atoms with van der Waals surface area (Å²) in [5, 5.41) is 0.620. The van der Waals surface area contributed by atoms with Crippen molar-refractivity contribution in [1.29, 1.82) is 0 Å². The summed E-state index contributed by atoms with van der Waals surface area (Å²) in [6, 6.07) is 16.5. The van der Waals surface area contributed by atoms with Crippen LogP contribution in [0.25, 0.3) is 5.57 Å². The van der Waals surface area contributed by atoms with Crippen LogP contribution in [0.5, 0.6) is 0 Å². The lowest BCUT2D eigenvalue weighted by atomic mass is 9.92. The second-order valence-corrected chi connectivity index (χ2v) is 6.52. The van der Waals surface area contributed by atoms with E-state index >= 15 is 0 Å². The molecule has 2 aromatic rings. The second kappa shape index (κ2) is 6.45. The largest absolute Gasteiger partial charge is 0.398 e. The quantitative estimate of drug-likeness (QED) is 0.824. The van der Waals surface area contributed by atoms with E-state index in [-0.39, 0.29) is 0 Å². The van der Waals surface area contributed by atoms with E-state index in [0.29, 0.717) is 16.6 Å². The van der Waals surface area contributed by atoms with Crippen molar-refractivity contribution in [2.24, 2.45) is 5.92 Å². The van der Waals surface area contributed by atoms with Crippen LogP contribution in [0.15, 0.2) is 54.7 Å². The number of nitrogens with zero attached hydrogens (tertiary/aromatic N) is 1. The predicted octanol–water partition coefficient (Wildman–Crippen LogP) is 4.81. The molecule has 0 aliphatic carbocycles. The summed E-state index contributed by atoms with van der Waals surface area (Å²) in [5.41, 5.74) is 10.4. The summed E-state index contributed by atoms with van der Waals surface area (Å²) in [6.45, 7) is 4.32. The number of benzene rings is 2. The lowest BCUT2D eigenvalue weighted by molar-refractivity contribution is 0.300. The van der Waals surface area contributed by atoms with Crippen LogP contribution in [0, 0.1) is 5.92 Å². The monoisotopic (exact) mass is 312 g/mol. The molecule has 0 fully saturated rings. The van der Waals surface area contributed by atoms with Crippen molar-refractivity contribution in [3.8, 4) is 0 Å². The van der Waals surface area contributed by atoms with Crippen LogP contribution in [-0.4, -0.2) is 11.4 Å². The zero-order valence-electron chi connectivity index (χ0n) is 12.8. The molecule has 0 spiro atoms. The van der Waals surface area contributed by atoms with Gasteiger partial charge in [0.15, 0.2) is 0 Å². The van der Waals surface area contributed by atoms with Crippen molar-refractivity contribution in [1.82, 2.24) is 4.90 Å². The number of hydrogen-bond donors (Lipinski definition) is 1. The van der Waals surface area contributed by atoms with Gasteiger partial charge >= 0.3 is 0 Å². The summed E-state index contributed by atoms with van der Waals surface area (Å²) in [4.78, 5) is 2.39. The normalized spacial score (nSPS) is 18.2. The molecular formula is C19H21ClN2. The smallest absolute Gasteiger partial charge is 0.0635 e. The molecule has 1 heterocycles. The molecule has 114 valence electrons. The average Bonchev–Trinajstić information content (AvgIpc) is 2.50. The van der Waals surface area contributed by atoms with Crippen molar-refractivity contribution in [3.05, 3.63) is 70.9 Å². The van der Waals surface area contributed by atoms with E-state index in [4.69, 9.17) is 17.3 Å². The van der Waals surface area contributed by atoms with Gasteiger partial charge in [-0.05, 0) is 41.2 Å². The first kappa shape index (κ1) is 15.0. The van der Waals surface area contributed by atoms with E-state index in [1.54, 1.807) is 0 Å². The molecule has 22 heavy (non-hydrogen) atoms. The molecule has 1 aliphatic rings. The van der Waals surface area contributed by atoms with E-state index in [2.05, 4.69) is 54.4 Å². The fourth-order valence-corrected chi connectivity index (χ4v) is 3.15. The van der Waals surface area contributed by atoms with Crippen molar-refractivity contribution in [2.75, 3.05) is 12.3 Å². The van der Waals surface area contributed by atoms with Gasteiger partial charge in [-0.1, -0.05) is 54.9 Å². The maximum atomic E-state index is 6.03. The summed E-state index contributed by atoms with van der Waals surface area (Å²) in [7, 11) is 0. The summed E-state index contributed by atoms with van der Waals surface area (Å²) < 4.78 is 0. The molecule has 0 amide bonds. The van der Waals surface area contributed by atoms with Crippen LogP contribution >= 0.6 is 11.6 Å². The number of anilines is 1. The van der Waals surface area contributed by atoms with Gasteiger partial charge in [-0.2, -0.15) is 0 Å². The van der Waals surface area contributed by atoms with Gasteiger partial charge in [-0.15, -0.1) is 0 Å². The molecular weight excluding hydrogens is 292 g/mol. The average molecular weight is 313 g/mol. The van der Waals surface area contributed by atoms with Gasteiger partial charge in [0.1, 0.15) is 0 Å². The highest BCUT2D eigenvalue weighted by atomic mass is 35.5. The lowest BCUT2D eigenvalue weighted by Gasteiger charge is -2.31. The van der Waals surface area contributed by atoms with E-state index in [9.17, 15) is 0 Å². The van der Waals surface area contributed by atoms with Crippen molar-refractivity contribution < 1.29 is 0 Å². The van der Waals surface area contributed by atoms with Gasteiger partial charge < -0.3 is 10.6 Å². The van der Waals surface area contributed by atoms with Crippen LogP contribution in [0.3, 0.4) is 0 Å². The number of allylic oxidation sites excluding steroid dienone is 1. The third-order valence-corrected chi connectivity index (χ3v) is 4.39. The third kappa shape index (κ3) is 3.45. The second-order valence-electron chi connectivity index (χ2n) is 6.11. The minimum absolute atomic E-state index is 0.620. The Labute approximate surface area is 137 Å². The molecule has 0 bridgehead atoms. The molecule has 2 aromatic carbocycles. The summed E-state index contributed by atoms with van der Waals surface area (Å²) in [6.07, 6.45) is 3.35. The van der Waals surface area contributed by atoms with Crippen LogP contribution in [0.4, 0.5) is 5.69 Å². The number of nitrogens with two attached hydrogens (primary N) is 1. The fourth-order valence-electron chi connectivity index (χ4n) is 3.03. The van der Waals surface area contributed by atoms with E-state index < -0.39 is 0 Å². The number of hydrogen-bond acceptors (Lipinski definition) is 2. The Bertz CT molecular complexity index is 679. The summed E-state index contributed by atoms with van der Waals surface area (Å²) >= 11 is 6.03. The van der Waals surface area contributed by atoms with Crippen LogP contribution in [0.1, 0.15) is 24.5 Å².